The lowest BCUT2D eigenvalue weighted by atomic mass is 10.2. The summed E-state index contributed by atoms with van der Waals surface area (Å²) in [6.45, 7) is 2.68. The van der Waals surface area contributed by atoms with Crippen molar-refractivity contribution in [3.8, 4) is 6.07 Å². The van der Waals surface area contributed by atoms with Crippen LogP contribution in [0.5, 0.6) is 0 Å². The number of aryl methyl sites for hydroxylation is 1. The van der Waals surface area contributed by atoms with Gasteiger partial charge in [-0.05, 0) is 35.0 Å². The molecule has 0 radical (unpaired) electrons. The van der Waals surface area contributed by atoms with Crippen LogP contribution in [-0.4, -0.2) is 4.98 Å². The summed E-state index contributed by atoms with van der Waals surface area (Å²) in [6.07, 6.45) is 0. The zero-order valence-corrected chi connectivity index (χ0v) is 11.6. The molecule has 0 fully saturated rings. The van der Waals surface area contributed by atoms with E-state index in [-0.39, 0.29) is 0 Å². The summed E-state index contributed by atoms with van der Waals surface area (Å²) >= 11 is 4.99. The van der Waals surface area contributed by atoms with E-state index in [4.69, 9.17) is 5.26 Å². The van der Waals surface area contributed by atoms with Gasteiger partial charge in [0.1, 0.15) is 6.07 Å². The summed E-state index contributed by atoms with van der Waals surface area (Å²) in [7, 11) is 0. The van der Waals surface area contributed by atoms with Gasteiger partial charge < -0.3 is 5.32 Å². The van der Waals surface area contributed by atoms with Gasteiger partial charge in [-0.15, -0.1) is 11.3 Å². The van der Waals surface area contributed by atoms with Crippen LogP contribution in [-0.2, 0) is 6.54 Å². The van der Waals surface area contributed by atoms with Crippen molar-refractivity contribution in [2.45, 2.75) is 13.5 Å². The zero-order chi connectivity index (χ0) is 12.3. The van der Waals surface area contributed by atoms with Crippen LogP contribution < -0.4 is 5.32 Å². The highest BCUT2D eigenvalue weighted by molar-refractivity contribution is 9.10. The van der Waals surface area contributed by atoms with Crippen LogP contribution in [0.1, 0.15) is 16.1 Å². The molecule has 3 nitrogen and oxygen atoms in total. The van der Waals surface area contributed by atoms with Crippen LogP contribution in [0.2, 0.25) is 0 Å². The van der Waals surface area contributed by atoms with Crippen molar-refractivity contribution in [1.82, 2.24) is 4.98 Å². The Balaban J connectivity index is 2.18. The molecule has 0 saturated heterocycles. The maximum absolute atomic E-state index is 9.08. The molecule has 0 aliphatic carbocycles. The topological polar surface area (TPSA) is 48.7 Å². The Labute approximate surface area is 112 Å². The van der Waals surface area contributed by atoms with Crippen LogP contribution in [0.15, 0.2) is 28.2 Å². The summed E-state index contributed by atoms with van der Waals surface area (Å²) in [4.78, 5) is 5.38. The van der Waals surface area contributed by atoms with Gasteiger partial charge in [0.25, 0.3) is 0 Å². The smallest absolute Gasteiger partial charge is 0.103 e. The fraction of sp³-hybridized carbons (Fsp3) is 0.167. The average Bonchev–Trinajstić information content (AvgIpc) is 2.72. The molecule has 0 amide bonds. The molecule has 1 aromatic carbocycles. The number of benzene rings is 1. The number of hydrogen-bond acceptors (Lipinski definition) is 4. The number of rotatable bonds is 3. The van der Waals surface area contributed by atoms with Gasteiger partial charge in [-0.1, -0.05) is 6.07 Å². The normalized spacial score (nSPS) is 9.94. The molecule has 17 heavy (non-hydrogen) atoms. The first-order valence-corrected chi connectivity index (χ1v) is 6.71. The van der Waals surface area contributed by atoms with Gasteiger partial charge in [-0.3, -0.25) is 0 Å². The van der Waals surface area contributed by atoms with E-state index in [1.165, 1.54) is 4.88 Å². The van der Waals surface area contributed by atoms with E-state index in [9.17, 15) is 0 Å². The van der Waals surface area contributed by atoms with Crippen molar-refractivity contribution < 1.29 is 0 Å². The SMILES string of the molecule is Cc1ncsc1CNc1cccc(Br)c1C#N. The molecule has 5 heteroatoms. The van der Waals surface area contributed by atoms with E-state index >= 15 is 0 Å². The third kappa shape index (κ3) is 2.65. The van der Waals surface area contributed by atoms with Crippen molar-refractivity contribution in [2.75, 3.05) is 5.32 Å². The molecule has 0 saturated carbocycles. The minimum atomic E-state index is 0.634. The summed E-state index contributed by atoms with van der Waals surface area (Å²) < 4.78 is 0.811. The first kappa shape index (κ1) is 12.1. The van der Waals surface area contributed by atoms with E-state index < -0.39 is 0 Å². The standard InChI is InChI=1S/C12H10BrN3S/c1-8-12(17-7-16-8)6-15-11-4-2-3-10(13)9(11)5-14/h2-4,7,15H,6H2,1H3. The molecule has 0 unspecified atom stereocenters. The largest absolute Gasteiger partial charge is 0.379 e. The lowest BCUT2D eigenvalue weighted by Gasteiger charge is -2.08. The number of nitrogens with zero attached hydrogens (tertiary/aromatic N) is 2. The predicted octanol–water partition coefficient (Wildman–Crippen LogP) is 3.70. The number of nitrogens with one attached hydrogen (secondary N) is 1. The predicted molar refractivity (Wildman–Crippen MR) is 73.0 cm³/mol. The number of anilines is 1. The average molecular weight is 308 g/mol. The molecular weight excluding hydrogens is 298 g/mol. The molecule has 0 aliphatic rings. The first-order valence-electron chi connectivity index (χ1n) is 5.04. The molecule has 0 atom stereocenters. The Morgan fingerprint density at radius 2 is 2.35 bits per heavy atom. The lowest BCUT2D eigenvalue weighted by molar-refractivity contribution is 1.12. The van der Waals surface area contributed by atoms with Crippen LogP contribution in [0.4, 0.5) is 5.69 Å². The lowest BCUT2D eigenvalue weighted by Crippen LogP contribution is -2.01. The van der Waals surface area contributed by atoms with Crippen molar-refractivity contribution >= 4 is 33.0 Å². The highest BCUT2D eigenvalue weighted by Gasteiger charge is 2.07. The summed E-state index contributed by atoms with van der Waals surface area (Å²) in [5.41, 5.74) is 4.35. The van der Waals surface area contributed by atoms with E-state index in [1.807, 2.05) is 30.6 Å². The highest BCUT2D eigenvalue weighted by Crippen LogP contribution is 2.24. The highest BCUT2D eigenvalue weighted by atomic mass is 79.9. The number of aromatic nitrogens is 1. The quantitative estimate of drug-likeness (QED) is 0.940. The van der Waals surface area contributed by atoms with Crippen LogP contribution >= 0.6 is 27.3 Å². The van der Waals surface area contributed by atoms with E-state index in [1.54, 1.807) is 11.3 Å². The molecule has 0 aliphatic heterocycles. The maximum Gasteiger partial charge on any atom is 0.103 e. The molecule has 0 spiro atoms. The van der Waals surface area contributed by atoms with Crippen LogP contribution in [0, 0.1) is 18.3 Å². The van der Waals surface area contributed by atoms with Crippen molar-refractivity contribution in [3.05, 3.63) is 44.3 Å². The van der Waals surface area contributed by atoms with Crippen molar-refractivity contribution in [2.24, 2.45) is 0 Å². The van der Waals surface area contributed by atoms with Gasteiger partial charge >= 0.3 is 0 Å². The second-order valence-corrected chi connectivity index (χ2v) is 5.28. The minimum Gasteiger partial charge on any atom is -0.379 e. The van der Waals surface area contributed by atoms with E-state index in [0.717, 1.165) is 15.9 Å². The van der Waals surface area contributed by atoms with Gasteiger partial charge in [0.15, 0.2) is 0 Å². The summed E-state index contributed by atoms with van der Waals surface area (Å²) in [5.74, 6) is 0. The van der Waals surface area contributed by atoms with Gasteiger partial charge in [0.05, 0.1) is 29.0 Å². The summed E-state index contributed by atoms with van der Waals surface area (Å²) in [5, 5.41) is 12.3. The Hall–Kier alpha value is -1.38. The molecule has 86 valence electrons. The number of thiazole rings is 1. The van der Waals surface area contributed by atoms with Gasteiger partial charge in [-0.2, -0.15) is 5.26 Å². The molecule has 1 heterocycles. The zero-order valence-electron chi connectivity index (χ0n) is 9.20. The Morgan fingerprint density at radius 1 is 1.53 bits per heavy atom. The summed E-state index contributed by atoms with van der Waals surface area (Å²) in [6, 6.07) is 7.86. The fourth-order valence-electron chi connectivity index (χ4n) is 1.46. The van der Waals surface area contributed by atoms with Gasteiger partial charge in [0.2, 0.25) is 0 Å². The second kappa shape index (κ2) is 5.30. The molecule has 1 aromatic heterocycles. The molecule has 1 N–H and O–H groups in total. The number of nitriles is 1. The Bertz CT molecular complexity index is 571. The third-order valence-corrected chi connectivity index (χ3v) is 4.01. The Kier molecular flexibility index (Phi) is 3.77. The minimum absolute atomic E-state index is 0.634. The van der Waals surface area contributed by atoms with Crippen molar-refractivity contribution in [3.63, 3.8) is 0 Å². The number of hydrogen-bond donors (Lipinski definition) is 1. The first-order chi connectivity index (χ1) is 8.22. The molecule has 2 rings (SSSR count). The molecule has 0 bridgehead atoms. The van der Waals surface area contributed by atoms with E-state index in [0.29, 0.717) is 12.1 Å². The maximum atomic E-state index is 9.08. The molecule has 2 aromatic rings. The van der Waals surface area contributed by atoms with E-state index in [2.05, 4.69) is 32.3 Å². The Morgan fingerprint density at radius 3 is 3.00 bits per heavy atom. The number of halogens is 1. The van der Waals surface area contributed by atoms with Crippen molar-refractivity contribution in [1.29, 1.82) is 5.26 Å². The third-order valence-electron chi connectivity index (χ3n) is 2.41. The van der Waals surface area contributed by atoms with Gasteiger partial charge in [-0.25, -0.2) is 4.98 Å². The fourth-order valence-corrected chi connectivity index (χ4v) is 2.63. The van der Waals surface area contributed by atoms with Crippen LogP contribution in [0.25, 0.3) is 0 Å². The second-order valence-electron chi connectivity index (χ2n) is 3.49. The van der Waals surface area contributed by atoms with Crippen LogP contribution in [0.3, 0.4) is 0 Å². The monoisotopic (exact) mass is 307 g/mol. The van der Waals surface area contributed by atoms with Gasteiger partial charge in [0, 0.05) is 9.35 Å². The molecular formula is C12H10BrN3S.